The molecular formula is C20H26O3. The van der Waals surface area contributed by atoms with Gasteiger partial charge in [-0.15, -0.1) is 0 Å². The number of carbonyl (C=O) groups is 2. The molecule has 4 aliphatic rings. The van der Waals surface area contributed by atoms with Crippen LogP contribution in [0.1, 0.15) is 46.0 Å². The van der Waals surface area contributed by atoms with Gasteiger partial charge in [0.2, 0.25) is 0 Å². The molecule has 3 saturated carbocycles. The van der Waals surface area contributed by atoms with E-state index in [1.807, 2.05) is 0 Å². The molecule has 0 saturated heterocycles. The van der Waals surface area contributed by atoms with E-state index in [4.69, 9.17) is 0 Å². The zero-order chi connectivity index (χ0) is 16.4. The maximum Gasteiger partial charge on any atom is 0.178 e. The highest BCUT2D eigenvalue weighted by atomic mass is 16.3. The molecule has 3 heteroatoms. The third-order valence-corrected chi connectivity index (χ3v) is 7.65. The van der Waals surface area contributed by atoms with Crippen molar-refractivity contribution >= 4 is 11.6 Å². The van der Waals surface area contributed by atoms with Crippen molar-refractivity contribution in [2.75, 3.05) is 6.61 Å². The van der Waals surface area contributed by atoms with Crippen LogP contribution in [0.15, 0.2) is 23.8 Å². The molecule has 4 rings (SSSR count). The van der Waals surface area contributed by atoms with Crippen molar-refractivity contribution in [3.05, 3.63) is 23.8 Å². The Kier molecular flexibility index (Phi) is 3.26. The van der Waals surface area contributed by atoms with Gasteiger partial charge < -0.3 is 5.11 Å². The molecule has 0 aromatic heterocycles. The van der Waals surface area contributed by atoms with Crippen molar-refractivity contribution in [2.45, 2.75) is 46.0 Å². The van der Waals surface area contributed by atoms with E-state index in [9.17, 15) is 14.7 Å². The van der Waals surface area contributed by atoms with Gasteiger partial charge in [0.25, 0.3) is 0 Å². The number of aliphatic hydroxyl groups is 1. The minimum absolute atomic E-state index is 0.0473. The Bertz CT molecular complexity index is 631. The number of fused-ring (bicyclic) bond motifs is 5. The molecule has 3 fully saturated rings. The van der Waals surface area contributed by atoms with Crippen LogP contribution < -0.4 is 0 Å². The second-order valence-electron chi connectivity index (χ2n) is 8.53. The summed E-state index contributed by atoms with van der Waals surface area (Å²) in [6.07, 6.45) is 10.2. The summed E-state index contributed by atoms with van der Waals surface area (Å²) in [5, 5.41) is 9.93. The molecule has 0 bridgehead atoms. The first-order valence-corrected chi connectivity index (χ1v) is 8.99. The smallest absolute Gasteiger partial charge is 0.178 e. The van der Waals surface area contributed by atoms with Crippen LogP contribution >= 0.6 is 0 Å². The summed E-state index contributed by atoms with van der Waals surface area (Å²) in [6.45, 7) is 4.51. The summed E-state index contributed by atoms with van der Waals surface area (Å²) in [6, 6.07) is 0. The standard InChI is InChI=1S/C20H26O3/c1-19-7-5-13(22)10-17(19)12(11-21)9-14-15-3-4-18(23)20(15,2)8-6-16(14)19/h5,7,10,12,14-16,21H,3-4,6,8-9,11H2,1-2H3/t12-,14?,15?,16?,19-,20+/m1/s1. The van der Waals surface area contributed by atoms with Crippen LogP contribution in [0.2, 0.25) is 0 Å². The fourth-order valence-corrected chi connectivity index (χ4v) is 6.36. The predicted octanol–water partition coefficient (Wildman–Crippen LogP) is 3.08. The Morgan fingerprint density at radius 3 is 2.74 bits per heavy atom. The van der Waals surface area contributed by atoms with Crippen LogP contribution in [0, 0.1) is 34.5 Å². The molecule has 0 spiro atoms. The van der Waals surface area contributed by atoms with Crippen LogP contribution in [-0.4, -0.2) is 23.3 Å². The first-order chi connectivity index (χ1) is 10.9. The van der Waals surface area contributed by atoms with Gasteiger partial charge in [0, 0.05) is 29.8 Å². The lowest BCUT2D eigenvalue weighted by atomic mass is 9.46. The van der Waals surface area contributed by atoms with Crippen molar-refractivity contribution < 1.29 is 14.7 Å². The summed E-state index contributed by atoms with van der Waals surface area (Å²) in [4.78, 5) is 24.3. The van der Waals surface area contributed by atoms with E-state index in [0.717, 1.165) is 37.7 Å². The van der Waals surface area contributed by atoms with Crippen LogP contribution in [0.3, 0.4) is 0 Å². The van der Waals surface area contributed by atoms with Gasteiger partial charge in [0.05, 0.1) is 0 Å². The van der Waals surface area contributed by atoms with Gasteiger partial charge in [0.15, 0.2) is 5.78 Å². The molecular weight excluding hydrogens is 288 g/mol. The molecule has 6 atom stereocenters. The zero-order valence-electron chi connectivity index (χ0n) is 14.0. The Hall–Kier alpha value is -1.22. The number of aliphatic hydroxyl groups excluding tert-OH is 1. The third-order valence-electron chi connectivity index (χ3n) is 7.65. The minimum Gasteiger partial charge on any atom is -0.396 e. The first-order valence-electron chi connectivity index (χ1n) is 8.99. The largest absolute Gasteiger partial charge is 0.396 e. The number of allylic oxidation sites excluding steroid dienone is 3. The molecule has 0 aromatic carbocycles. The summed E-state index contributed by atoms with van der Waals surface area (Å²) in [5.74, 6) is 1.98. The number of hydrogen-bond acceptors (Lipinski definition) is 3. The molecule has 4 aliphatic carbocycles. The van der Waals surface area contributed by atoms with Gasteiger partial charge in [-0.1, -0.05) is 25.5 Å². The topological polar surface area (TPSA) is 54.4 Å². The fraction of sp³-hybridized carbons (Fsp3) is 0.700. The van der Waals surface area contributed by atoms with Crippen molar-refractivity contribution in [1.29, 1.82) is 0 Å². The van der Waals surface area contributed by atoms with E-state index in [2.05, 4.69) is 19.9 Å². The molecule has 23 heavy (non-hydrogen) atoms. The third kappa shape index (κ3) is 1.92. The second-order valence-corrected chi connectivity index (χ2v) is 8.53. The van der Waals surface area contributed by atoms with Gasteiger partial charge in [-0.2, -0.15) is 0 Å². The zero-order valence-corrected chi connectivity index (χ0v) is 14.0. The van der Waals surface area contributed by atoms with Crippen LogP contribution in [0.25, 0.3) is 0 Å². The average Bonchev–Trinajstić information content (AvgIpc) is 2.83. The average molecular weight is 314 g/mol. The molecule has 1 N–H and O–H groups in total. The van der Waals surface area contributed by atoms with Gasteiger partial charge in [-0.3, -0.25) is 9.59 Å². The summed E-state index contributed by atoms with van der Waals surface area (Å²) < 4.78 is 0. The van der Waals surface area contributed by atoms with Crippen molar-refractivity contribution in [3.63, 3.8) is 0 Å². The Morgan fingerprint density at radius 2 is 2.00 bits per heavy atom. The number of Topliss-reactive ketones (excluding diaryl/α,β-unsaturated/α-hetero) is 1. The van der Waals surface area contributed by atoms with Crippen molar-refractivity contribution in [2.24, 2.45) is 34.5 Å². The second kappa shape index (κ2) is 4.89. The fourth-order valence-electron chi connectivity index (χ4n) is 6.36. The Morgan fingerprint density at radius 1 is 1.22 bits per heavy atom. The summed E-state index contributed by atoms with van der Waals surface area (Å²) >= 11 is 0. The van der Waals surface area contributed by atoms with Crippen LogP contribution in [0.5, 0.6) is 0 Å². The van der Waals surface area contributed by atoms with Crippen LogP contribution in [-0.2, 0) is 9.59 Å². The lowest BCUT2D eigenvalue weighted by Gasteiger charge is -2.57. The lowest BCUT2D eigenvalue weighted by molar-refractivity contribution is -0.132. The van der Waals surface area contributed by atoms with Gasteiger partial charge in [0.1, 0.15) is 5.78 Å². The Balaban J connectivity index is 1.77. The molecule has 0 aromatic rings. The molecule has 0 radical (unpaired) electrons. The molecule has 124 valence electrons. The Labute approximate surface area is 137 Å². The van der Waals surface area contributed by atoms with E-state index >= 15 is 0 Å². The number of ketones is 2. The first kappa shape index (κ1) is 15.3. The highest BCUT2D eigenvalue weighted by Crippen LogP contribution is 2.64. The van der Waals surface area contributed by atoms with Crippen molar-refractivity contribution in [3.8, 4) is 0 Å². The normalized spacial score (nSPS) is 48.6. The quantitative estimate of drug-likeness (QED) is 0.809. The van der Waals surface area contributed by atoms with Crippen LogP contribution in [0.4, 0.5) is 0 Å². The SMILES string of the molecule is C[C@]12C=CC(=O)C=C1[C@@H](CO)CC1C2CC[C@]2(C)C(=O)CCC12. The molecule has 0 heterocycles. The molecule has 3 nitrogen and oxygen atoms in total. The summed E-state index contributed by atoms with van der Waals surface area (Å²) in [5.41, 5.74) is 0.853. The van der Waals surface area contributed by atoms with E-state index in [1.165, 1.54) is 0 Å². The van der Waals surface area contributed by atoms with E-state index < -0.39 is 0 Å². The van der Waals surface area contributed by atoms with Crippen molar-refractivity contribution in [1.82, 2.24) is 0 Å². The number of hydrogen-bond donors (Lipinski definition) is 1. The van der Waals surface area contributed by atoms with Gasteiger partial charge in [-0.05, 0) is 55.6 Å². The summed E-state index contributed by atoms with van der Waals surface area (Å²) in [7, 11) is 0. The van der Waals surface area contributed by atoms with E-state index in [0.29, 0.717) is 23.5 Å². The molecule has 0 aliphatic heterocycles. The molecule has 3 unspecified atom stereocenters. The highest BCUT2D eigenvalue weighted by Gasteiger charge is 2.59. The van der Waals surface area contributed by atoms with E-state index in [1.54, 1.807) is 12.2 Å². The maximum atomic E-state index is 12.4. The number of carbonyl (C=O) groups excluding carboxylic acids is 2. The van der Waals surface area contributed by atoms with E-state index in [-0.39, 0.29) is 29.1 Å². The predicted molar refractivity (Wildman–Crippen MR) is 87.6 cm³/mol. The molecule has 0 amide bonds. The number of rotatable bonds is 1. The minimum atomic E-state index is -0.146. The monoisotopic (exact) mass is 314 g/mol. The van der Waals surface area contributed by atoms with Gasteiger partial charge in [-0.25, -0.2) is 0 Å². The lowest BCUT2D eigenvalue weighted by Crippen LogP contribution is -2.52. The van der Waals surface area contributed by atoms with Gasteiger partial charge >= 0.3 is 0 Å². The maximum absolute atomic E-state index is 12.4. The highest BCUT2D eigenvalue weighted by molar-refractivity contribution is 6.01.